The van der Waals surface area contributed by atoms with Crippen molar-refractivity contribution >= 4 is 0 Å². The van der Waals surface area contributed by atoms with Crippen LogP contribution in [0.5, 0.6) is 0 Å². The summed E-state index contributed by atoms with van der Waals surface area (Å²) in [6, 6.07) is 0. The third-order valence-electron chi connectivity index (χ3n) is 2.28. The van der Waals surface area contributed by atoms with E-state index in [9.17, 15) is 4.39 Å². The minimum Gasteiger partial charge on any atom is -0.366 e. The van der Waals surface area contributed by atoms with Gasteiger partial charge in [-0.15, -0.1) is 0 Å². The maximum absolute atomic E-state index is 12.8. The molecule has 1 aliphatic rings. The van der Waals surface area contributed by atoms with Crippen LogP contribution < -0.4 is 0 Å². The number of alkyl halides is 1. The third kappa shape index (κ3) is 2.17. The fourth-order valence-electron chi connectivity index (χ4n) is 1.41. The molecule has 1 N–H and O–H groups in total. The predicted octanol–water partition coefficient (Wildman–Crippen LogP) is 1.87. The largest absolute Gasteiger partial charge is 0.366 e. The summed E-state index contributed by atoms with van der Waals surface area (Å²) in [4.78, 5) is 0. The SMILES string of the molecule is CC(C)(C)[C@@H]1CC[C@@H](F)[C@H](O)O1. The molecular weight excluding hydrogens is 159 g/mol. The Kier molecular flexibility index (Phi) is 2.74. The van der Waals surface area contributed by atoms with Crippen LogP contribution in [0.15, 0.2) is 0 Å². The second kappa shape index (κ2) is 3.30. The normalized spacial score (nSPS) is 38.2. The fraction of sp³-hybridized carbons (Fsp3) is 1.00. The average Bonchev–Trinajstić information content (AvgIpc) is 1.92. The zero-order valence-corrected chi connectivity index (χ0v) is 7.88. The lowest BCUT2D eigenvalue weighted by Gasteiger charge is -2.37. The van der Waals surface area contributed by atoms with Crippen LogP contribution in [0.4, 0.5) is 4.39 Å². The molecule has 0 unspecified atom stereocenters. The van der Waals surface area contributed by atoms with Crippen molar-refractivity contribution in [2.24, 2.45) is 5.41 Å². The van der Waals surface area contributed by atoms with Gasteiger partial charge in [-0.3, -0.25) is 0 Å². The second-order valence-corrected chi connectivity index (χ2v) is 4.47. The Morgan fingerprint density at radius 3 is 2.33 bits per heavy atom. The molecule has 0 amide bonds. The Hall–Kier alpha value is -0.150. The quantitative estimate of drug-likeness (QED) is 0.610. The van der Waals surface area contributed by atoms with Gasteiger partial charge in [0.1, 0.15) is 0 Å². The molecule has 0 aromatic carbocycles. The first kappa shape index (κ1) is 9.93. The molecule has 1 aliphatic heterocycles. The van der Waals surface area contributed by atoms with E-state index in [1.165, 1.54) is 0 Å². The minimum atomic E-state index is -1.22. The zero-order valence-electron chi connectivity index (χ0n) is 7.88. The van der Waals surface area contributed by atoms with Gasteiger partial charge in [-0.2, -0.15) is 0 Å². The molecule has 3 atom stereocenters. The zero-order chi connectivity index (χ0) is 9.35. The van der Waals surface area contributed by atoms with Gasteiger partial charge in [0.25, 0.3) is 0 Å². The molecule has 1 saturated heterocycles. The lowest BCUT2D eigenvalue weighted by atomic mass is 9.84. The maximum Gasteiger partial charge on any atom is 0.186 e. The van der Waals surface area contributed by atoms with E-state index < -0.39 is 12.5 Å². The van der Waals surface area contributed by atoms with E-state index in [2.05, 4.69) is 0 Å². The maximum atomic E-state index is 12.8. The smallest absolute Gasteiger partial charge is 0.186 e. The minimum absolute atomic E-state index is 0.0128. The first-order valence-electron chi connectivity index (χ1n) is 4.39. The topological polar surface area (TPSA) is 29.5 Å². The van der Waals surface area contributed by atoms with Gasteiger partial charge in [-0.05, 0) is 18.3 Å². The van der Waals surface area contributed by atoms with E-state index in [1.54, 1.807) is 0 Å². The summed E-state index contributed by atoms with van der Waals surface area (Å²) in [5, 5.41) is 9.11. The predicted molar refractivity (Wildman–Crippen MR) is 44.5 cm³/mol. The molecular formula is C9H17FO2. The van der Waals surface area contributed by atoms with E-state index in [0.717, 1.165) is 0 Å². The molecule has 0 aliphatic carbocycles. The molecule has 1 heterocycles. The molecule has 72 valence electrons. The lowest BCUT2D eigenvalue weighted by Crippen LogP contribution is -2.42. The molecule has 0 saturated carbocycles. The monoisotopic (exact) mass is 176 g/mol. The molecule has 0 spiro atoms. The number of aliphatic hydroxyl groups is 1. The van der Waals surface area contributed by atoms with Gasteiger partial charge in [-0.25, -0.2) is 4.39 Å². The van der Waals surface area contributed by atoms with Crippen LogP contribution in [0.2, 0.25) is 0 Å². The van der Waals surface area contributed by atoms with E-state index >= 15 is 0 Å². The van der Waals surface area contributed by atoms with Gasteiger partial charge in [-0.1, -0.05) is 20.8 Å². The molecule has 0 radical (unpaired) electrons. The summed E-state index contributed by atoms with van der Waals surface area (Å²) in [5.74, 6) is 0. The number of ether oxygens (including phenoxy) is 1. The van der Waals surface area contributed by atoms with Crippen LogP contribution in [0.3, 0.4) is 0 Å². The molecule has 1 rings (SSSR count). The fourth-order valence-corrected chi connectivity index (χ4v) is 1.41. The second-order valence-electron chi connectivity index (χ2n) is 4.47. The summed E-state index contributed by atoms with van der Waals surface area (Å²) in [6.45, 7) is 6.09. The van der Waals surface area contributed by atoms with Crippen molar-refractivity contribution in [2.75, 3.05) is 0 Å². The van der Waals surface area contributed by atoms with E-state index in [0.29, 0.717) is 12.8 Å². The van der Waals surface area contributed by atoms with Crippen molar-refractivity contribution < 1.29 is 14.2 Å². The summed E-state index contributed by atoms with van der Waals surface area (Å²) in [6.07, 6.45) is -1.35. The van der Waals surface area contributed by atoms with Crippen LogP contribution in [0, 0.1) is 5.41 Å². The average molecular weight is 176 g/mol. The highest BCUT2D eigenvalue weighted by Crippen LogP contribution is 2.32. The van der Waals surface area contributed by atoms with Crippen molar-refractivity contribution in [1.29, 1.82) is 0 Å². The Morgan fingerprint density at radius 2 is 1.92 bits per heavy atom. The van der Waals surface area contributed by atoms with Crippen LogP contribution in [0.1, 0.15) is 33.6 Å². The van der Waals surface area contributed by atoms with E-state index in [1.807, 2.05) is 20.8 Å². The highest BCUT2D eigenvalue weighted by atomic mass is 19.1. The first-order chi connectivity index (χ1) is 5.41. The van der Waals surface area contributed by atoms with Crippen LogP contribution in [0.25, 0.3) is 0 Å². The van der Waals surface area contributed by atoms with Gasteiger partial charge < -0.3 is 9.84 Å². The van der Waals surface area contributed by atoms with Crippen LogP contribution >= 0.6 is 0 Å². The molecule has 3 heteroatoms. The third-order valence-corrected chi connectivity index (χ3v) is 2.28. The molecule has 2 nitrogen and oxygen atoms in total. The Labute approximate surface area is 72.7 Å². The van der Waals surface area contributed by atoms with Crippen molar-refractivity contribution in [1.82, 2.24) is 0 Å². The number of aliphatic hydroxyl groups excluding tert-OH is 1. The van der Waals surface area contributed by atoms with Crippen molar-refractivity contribution in [3.8, 4) is 0 Å². The molecule has 1 fully saturated rings. The number of hydrogen-bond donors (Lipinski definition) is 1. The summed E-state index contributed by atoms with van der Waals surface area (Å²) in [7, 11) is 0. The Morgan fingerprint density at radius 1 is 1.33 bits per heavy atom. The van der Waals surface area contributed by atoms with Crippen LogP contribution in [-0.4, -0.2) is 23.7 Å². The van der Waals surface area contributed by atoms with Gasteiger partial charge in [0, 0.05) is 0 Å². The van der Waals surface area contributed by atoms with E-state index in [-0.39, 0.29) is 11.5 Å². The lowest BCUT2D eigenvalue weighted by molar-refractivity contribution is -0.219. The molecule has 0 bridgehead atoms. The highest BCUT2D eigenvalue weighted by Gasteiger charge is 2.35. The molecule has 0 aromatic heterocycles. The molecule has 0 aromatic rings. The van der Waals surface area contributed by atoms with E-state index in [4.69, 9.17) is 9.84 Å². The van der Waals surface area contributed by atoms with Gasteiger partial charge in [0.15, 0.2) is 12.5 Å². The van der Waals surface area contributed by atoms with Crippen molar-refractivity contribution in [3.05, 3.63) is 0 Å². The molecule has 12 heavy (non-hydrogen) atoms. The first-order valence-corrected chi connectivity index (χ1v) is 4.39. The number of hydrogen-bond acceptors (Lipinski definition) is 2. The standard InChI is InChI=1S/C9H17FO2/c1-9(2,3)7-5-4-6(10)8(11)12-7/h6-8,11H,4-5H2,1-3H3/t6-,7+,8-/m1/s1. The van der Waals surface area contributed by atoms with Crippen molar-refractivity contribution in [3.63, 3.8) is 0 Å². The highest BCUT2D eigenvalue weighted by molar-refractivity contribution is 4.81. The van der Waals surface area contributed by atoms with Crippen molar-refractivity contribution in [2.45, 2.75) is 52.2 Å². The van der Waals surface area contributed by atoms with Gasteiger partial charge >= 0.3 is 0 Å². The summed E-state index contributed by atoms with van der Waals surface area (Å²) < 4.78 is 17.9. The van der Waals surface area contributed by atoms with Gasteiger partial charge in [0.05, 0.1) is 6.10 Å². The Balaban J connectivity index is 2.51. The number of rotatable bonds is 0. The summed E-state index contributed by atoms with van der Waals surface area (Å²) >= 11 is 0. The summed E-state index contributed by atoms with van der Waals surface area (Å²) in [5.41, 5.74) is -0.0128. The number of halogens is 1. The Bertz CT molecular complexity index is 153. The van der Waals surface area contributed by atoms with Crippen LogP contribution in [-0.2, 0) is 4.74 Å². The van der Waals surface area contributed by atoms with Gasteiger partial charge in [0.2, 0.25) is 0 Å².